The summed E-state index contributed by atoms with van der Waals surface area (Å²) >= 11 is 0. The summed E-state index contributed by atoms with van der Waals surface area (Å²) in [7, 11) is -3.43. The summed E-state index contributed by atoms with van der Waals surface area (Å²) in [5.74, 6) is 0.675. The van der Waals surface area contributed by atoms with Crippen LogP contribution in [0.2, 0.25) is 0 Å². The number of carbonyl (C=O) groups excluding carboxylic acids is 1. The van der Waals surface area contributed by atoms with Crippen LogP contribution in [0.15, 0.2) is 29.2 Å². The second-order valence-corrected chi connectivity index (χ2v) is 8.90. The number of hydrogen-bond donors (Lipinski definition) is 2. The first kappa shape index (κ1) is 18.4. The molecule has 1 aliphatic carbocycles. The van der Waals surface area contributed by atoms with Crippen LogP contribution >= 0.6 is 0 Å². The van der Waals surface area contributed by atoms with E-state index in [1.54, 1.807) is 22.5 Å². The molecule has 138 valence electrons. The lowest BCUT2D eigenvalue weighted by Gasteiger charge is -2.26. The normalized spacial score (nSPS) is 18.9. The highest BCUT2D eigenvalue weighted by molar-refractivity contribution is 7.89. The van der Waals surface area contributed by atoms with Crippen molar-refractivity contribution in [1.82, 2.24) is 14.9 Å². The highest BCUT2D eigenvalue weighted by Gasteiger charge is 2.26. The molecule has 0 aromatic heterocycles. The van der Waals surface area contributed by atoms with Crippen molar-refractivity contribution in [1.29, 1.82) is 0 Å². The van der Waals surface area contributed by atoms with E-state index in [2.05, 4.69) is 10.6 Å². The number of benzene rings is 1. The number of piperidine rings is 1. The largest absolute Gasteiger partial charge is 0.351 e. The Morgan fingerprint density at radius 2 is 1.92 bits per heavy atom. The monoisotopic (exact) mass is 365 g/mol. The Kier molecular flexibility index (Phi) is 6.09. The number of sulfonamides is 1. The SMILES string of the molecule is O=C(CNCC1CC1)NCc1cccc(S(=O)(=O)N2CCCCC2)c1. The van der Waals surface area contributed by atoms with Crippen molar-refractivity contribution >= 4 is 15.9 Å². The highest BCUT2D eigenvalue weighted by Crippen LogP contribution is 2.27. The van der Waals surface area contributed by atoms with Crippen molar-refractivity contribution in [2.45, 2.75) is 43.5 Å². The van der Waals surface area contributed by atoms with E-state index < -0.39 is 10.0 Å². The summed E-state index contributed by atoms with van der Waals surface area (Å²) in [5, 5.41) is 5.99. The number of amides is 1. The van der Waals surface area contributed by atoms with E-state index in [4.69, 9.17) is 0 Å². The second kappa shape index (κ2) is 8.29. The fourth-order valence-corrected chi connectivity index (χ4v) is 4.63. The zero-order chi connectivity index (χ0) is 17.7. The Labute approximate surface area is 150 Å². The summed E-state index contributed by atoms with van der Waals surface area (Å²) < 4.78 is 27.0. The minimum Gasteiger partial charge on any atom is -0.351 e. The minimum atomic E-state index is -3.43. The molecule has 2 aliphatic rings. The fraction of sp³-hybridized carbons (Fsp3) is 0.611. The Morgan fingerprint density at radius 1 is 1.16 bits per heavy atom. The van der Waals surface area contributed by atoms with Crippen molar-refractivity contribution in [2.24, 2.45) is 5.92 Å². The van der Waals surface area contributed by atoms with Gasteiger partial charge in [-0.15, -0.1) is 0 Å². The predicted octanol–water partition coefficient (Wildman–Crippen LogP) is 1.48. The van der Waals surface area contributed by atoms with Crippen LogP contribution in [-0.2, 0) is 21.4 Å². The zero-order valence-electron chi connectivity index (χ0n) is 14.5. The predicted molar refractivity (Wildman–Crippen MR) is 96.5 cm³/mol. The van der Waals surface area contributed by atoms with Gasteiger partial charge >= 0.3 is 0 Å². The van der Waals surface area contributed by atoms with E-state index in [1.807, 2.05) is 6.07 Å². The highest BCUT2D eigenvalue weighted by atomic mass is 32.2. The molecule has 2 fully saturated rings. The average molecular weight is 365 g/mol. The van der Waals surface area contributed by atoms with Crippen LogP contribution in [0, 0.1) is 5.92 Å². The average Bonchev–Trinajstić information content (AvgIpc) is 3.45. The quantitative estimate of drug-likeness (QED) is 0.731. The number of rotatable bonds is 8. The molecule has 7 heteroatoms. The van der Waals surface area contributed by atoms with Gasteiger partial charge in [0.1, 0.15) is 0 Å². The van der Waals surface area contributed by atoms with Crippen LogP contribution in [0.5, 0.6) is 0 Å². The van der Waals surface area contributed by atoms with Crippen LogP contribution < -0.4 is 10.6 Å². The standard InChI is InChI=1S/C18H27N3O3S/c22-18(14-19-12-15-7-8-15)20-13-16-5-4-6-17(11-16)25(23,24)21-9-2-1-3-10-21/h4-6,11,15,19H,1-3,7-10,12-14H2,(H,20,22). The molecule has 2 N–H and O–H groups in total. The molecule has 1 aromatic carbocycles. The number of hydrogen-bond acceptors (Lipinski definition) is 4. The maximum atomic E-state index is 12.7. The van der Waals surface area contributed by atoms with Gasteiger partial charge in [-0.1, -0.05) is 18.6 Å². The van der Waals surface area contributed by atoms with Crippen molar-refractivity contribution in [3.63, 3.8) is 0 Å². The van der Waals surface area contributed by atoms with Gasteiger partial charge in [0.25, 0.3) is 0 Å². The van der Waals surface area contributed by atoms with Crippen LogP contribution in [0.25, 0.3) is 0 Å². The van der Waals surface area contributed by atoms with Crippen molar-refractivity contribution in [3.8, 4) is 0 Å². The van der Waals surface area contributed by atoms with Gasteiger partial charge in [0.15, 0.2) is 0 Å². The van der Waals surface area contributed by atoms with Gasteiger partial charge in [-0.3, -0.25) is 4.79 Å². The lowest BCUT2D eigenvalue weighted by molar-refractivity contribution is -0.120. The fourth-order valence-electron chi connectivity index (χ4n) is 3.05. The molecule has 0 unspecified atom stereocenters. The number of nitrogens with one attached hydrogen (secondary N) is 2. The molecule has 1 heterocycles. The number of nitrogens with zero attached hydrogens (tertiary/aromatic N) is 1. The molecule has 1 aromatic rings. The maximum absolute atomic E-state index is 12.7. The summed E-state index contributed by atoms with van der Waals surface area (Å²) in [4.78, 5) is 12.2. The third-order valence-electron chi connectivity index (χ3n) is 4.76. The van der Waals surface area contributed by atoms with E-state index in [1.165, 1.54) is 12.8 Å². The van der Waals surface area contributed by atoms with Gasteiger partial charge in [-0.25, -0.2) is 8.42 Å². The van der Waals surface area contributed by atoms with Crippen LogP contribution in [0.4, 0.5) is 0 Å². The molecule has 1 saturated carbocycles. The first-order chi connectivity index (χ1) is 12.1. The van der Waals surface area contributed by atoms with E-state index in [-0.39, 0.29) is 5.91 Å². The summed E-state index contributed by atoms with van der Waals surface area (Å²) in [5.41, 5.74) is 0.800. The Hall–Kier alpha value is -1.44. The van der Waals surface area contributed by atoms with E-state index in [0.717, 1.165) is 37.3 Å². The molecule has 0 atom stereocenters. The summed E-state index contributed by atoms with van der Waals surface area (Å²) in [6, 6.07) is 6.88. The summed E-state index contributed by atoms with van der Waals surface area (Å²) in [6.45, 7) is 2.73. The van der Waals surface area contributed by atoms with Gasteiger partial charge in [0, 0.05) is 19.6 Å². The molecule has 0 radical (unpaired) electrons. The lowest BCUT2D eigenvalue weighted by atomic mass is 10.2. The van der Waals surface area contributed by atoms with E-state index in [9.17, 15) is 13.2 Å². The Balaban J connectivity index is 1.54. The molecule has 1 aliphatic heterocycles. The van der Waals surface area contributed by atoms with Gasteiger partial charge in [0.05, 0.1) is 11.4 Å². The molecule has 1 amide bonds. The second-order valence-electron chi connectivity index (χ2n) is 6.96. The van der Waals surface area contributed by atoms with Crippen molar-refractivity contribution in [3.05, 3.63) is 29.8 Å². The van der Waals surface area contributed by atoms with E-state index in [0.29, 0.717) is 31.1 Å². The number of carbonyl (C=O) groups is 1. The summed E-state index contributed by atoms with van der Waals surface area (Å²) in [6.07, 6.45) is 5.44. The van der Waals surface area contributed by atoms with Crippen LogP contribution in [0.3, 0.4) is 0 Å². The minimum absolute atomic E-state index is 0.0649. The molecular weight excluding hydrogens is 338 g/mol. The van der Waals surface area contributed by atoms with Gasteiger partial charge in [-0.05, 0) is 55.8 Å². The maximum Gasteiger partial charge on any atom is 0.243 e. The Morgan fingerprint density at radius 3 is 2.64 bits per heavy atom. The Bertz CT molecular complexity index is 695. The van der Waals surface area contributed by atoms with Crippen LogP contribution in [0.1, 0.15) is 37.7 Å². The van der Waals surface area contributed by atoms with Gasteiger partial charge in [-0.2, -0.15) is 4.31 Å². The van der Waals surface area contributed by atoms with E-state index >= 15 is 0 Å². The van der Waals surface area contributed by atoms with Gasteiger partial charge in [0.2, 0.25) is 15.9 Å². The molecule has 0 spiro atoms. The van der Waals surface area contributed by atoms with Crippen molar-refractivity contribution in [2.75, 3.05) is 26.2 Å². The molecule has 0 bridgehead atoms. The first-order valence-electron chi connectivity index (χ1n) is 9.12. The van der Waals surface area contributed by atoms with Gasteiger partial charge < -0.3 is 10.6 Å². The topological polar surface area (TPSA) is 78.5 Å². The lowest BCUT2D eigenvalue weighted by Crippen LogP contribution is -2.36. The smallest absolute Gasteiger partial charge is 0.243 e. The molecular formula is C18H27N3O3S. The van der Waals surface area contributed by atoms with Crippen LogP contribution in [-0.4, -0.2) is 44.8 Å². The third kappa shape index (κ3) is 5.26. The molecule has 6 nitrogen and oxygen atoms in total. The van der Waals surface area contributed by atoms with Crippen molar-refractivity contribution < 1.29 is 13.2 Å². The third-order valence-corrected chi connectivity index (χ3v) is 6.65. The molecule has 3 rings (SSSR count). The first-order valence-corrected chi connectivity index (χ1v) is 10.6. The molecule has 1 saturated heterocycles. The zero-order valence-corrected chi connectivity index (χ0v) is 15.4. The molecule has 25 heavy (non-hydrogen) atoms.